The Morgan fingerprint density at radius 2 is 1.76 bits per heavy atom. The van der Waals surface area contributed by atoms with Gasteiger partial charge in [0.25, 0.3) is 0 Å². The van der Waals surface area contributed by atoms with Crippen LogP contribution in [0.5, 0.6) is 5.75 Å². The smallest absolute Gasteiger partial charge is 0.416 e. The second-order valence-electron chi connectivity index (χ2n) is 8.85. The highest BCUT2D eigenvalue weighted by molar-refractivity contribution is 7.99. The monoisotopic (exact) mass is 492 g/mol. The molecule has 1 N–H and O–H groups in total. The Balaban J connectivity index is 1.58. The van der Waals surface area contributed by atoms with Crippen LogP contribution in [-0.4, -0.2) is 26.4 Å². The van der Waals surface area contributed by atoms with Crippen molar-refractivity contribution < 1.29 is 22.7 Å². The molecule has 0 saturated carbocycles. The topological polar surface area (TPSA) is 69.0 Å². The molecule has 1 amide bonds. The molecule has 0 spiro atoms. The summed E-state index contributed by atoms with van der Waals surface area (Å²) in [4.78, 5) is 12.2. The van der Waals surface area contributed by atoms with E-state index in [0.29, 0.717) is 16.7 Å². The lowest BCUT2D eigenvalue weighted by Gasteiger charge is -2.20. The van der Waals surface area contributed by atoms with E-state index in [2.05, 4.69) is 36.3 Å². The lowest BCUT2D eigenvalue weighted by atomic mass is 9.87. The number of carbonyl (C=O) groups excluding carboxylic acids is 1. The third-order valence-electron chi connectivity index (χ3n) is 5.07. The van der Waals surface area contributed by atoms with Gasteiger partial charge in [0.05, 0.1) is 11.3 Å². The lowest BCUT2D eigenvalue weighted by Crippen LogP contribution is -2.15. The Bertz CT molecular complexity index is 1140. The number of thioether (sulfide) groups is 1. The number of benzene rings is 2. The Hall–Kier alpha value is -3.01. The van der Waals surface area contributed by atoms with E-state index >= 15 is 0 Å². The van der Waals surface area contributed by atoms with Gasteiger partial charge in [0, 0.05) is 12.7 Å². The van der Waals surface area contributed by atoms with Gasteiger partial charge in [0.1, 0.15) is 5.75 Å². The Morgan fingerprint density at radius 1 is 1.09 bits per heavy atom. The predicted molar refractivity (Wildman–Crippen MR) is 126 cm³/mol. The minimum absolute atomic E-state index is 0.0360. The fraction of sp³-hybridized carbons (Fsp3) is 0.375. The van der Waals surface area contributed by atoms with Crippen molar-refractivity contribution in [2.75, 3.05) is 11.1 Å². The second-order valence-corrected chi connectivity index (χ2v) is 9.79. The Morgan fingerprint density at radius 3 is 2.38 bits per heavy atom. The molecule has 3 aromatic rings. The molecule has 182 valence electrons. The van der Waals surface area contributed by atoms with Gasteiger partial charge in [-0.25, -0.2) is 0 Å². The minimum atomic E-state index is -4.47. The molecule has 0 fully saturated rings. The van der Waals surface area contributed by atoms with Crippen molar-refractivity contribution in [1.82, 2.24) is 14.8 Å². The maximum Gasteiger partial charge on any atom is 0.416 e. The van der Waals surface area contributed by atoms with Crippen molar-refractivity contribution in [1.29, 1.82) is 0 Å². The summed E-state index contributed by atoms with van der Waals surface area (Å²) in [6, 6.07) is 12.4. The van der Waals surface area contributed by atoms with E-state index in [1.54, 1.807) is 11.6 Å². The molecule has 0 aliphatic heterocycles. The van der Waals surface area contributed by atoms with E-state index in [1.807, 2.05) is 31.2 Å². The first-order valence-electron chi connectivity index (χ1n) is 10.6. The van der Waals surface area contributed by atoms with E-state index in [-0.39, 0.29) is 23.0 Å². The van der Waals surface area contributed by atoms with E-state index in [9.17, 15) is 18.0 Å². The number of aromatic nitrogens is 3. The molecule has 0 saturated heterocycles. The molecule has 1 heterocycles. The van der Waals surface area contributed by atoms with Gasteiger partial charge in [-0.2, -0.15) is 13.2 Å². The molecule has 1 aromatic heterocycles. The predicted octanol–water partition coefficient (Wildman–Crippen LogP) is 6.00. The lowest BCUT2D eigenvalue weighted by molar-refractivity contribution is -0.137. The minimum Gasteiger partial charge on any atom is -0.483 e. The fourth-order valence-electron chi connectivity index (χ4n) is 3.20. The molecular weight excluding hydrogens is 465 g/mol. The van der Waals surface area contributed by atoms with Crippen LogP contribution in [0.1, 0.15) is 50.8 Å². The largest absolute Gasteiger partial charge is 0.483 e. The van der Waals surface area contributed by atoms with Crippen LogP contribution >= 0.6 is 11.8 Å². The van der Waals surface area contributed by atoms with Gasteiger partial charge in [0.15, 0.2) is 17.1 Å². The highest BCUT2D eigenvalue weighted by atomic mass is 32.2. The first-order chi connectivity index (χ1) is 15.8. The zero-order valence-electron chi connectivity index (χ0n) is 19.6. The summed E-state index contributed by atoms with van der Waals surface area (Å²) in [5.74, 6) is 0.807. The van der Waals surface area contributed by atoms with E-state index in [0.717, 1.165) is 23.9 Å². The average molecular weight is 493 g/mol. The van der Waals surface area contributed by atoms with Crippen molar-refractivity contribution in [3.8, 4) is 5.75 Å². The summed E-state index contributed by atoms with van der Waals surface area (Å²) in [6.45, 7) is 8.29. The molecule has 10 heteroatoms. The summed E-state index contributed by atoms with van der Waals surface area (Å²) in [5, 5.41) is 11.3. The van der Waals surface area contributed by atoms with Crippen molar-refractivity contribution in [3.05, 3.63) is 65.5 Å². The molecule has 0 aliphatic rings. The maximum atomic E-state index is 12.8. The fourth-order valence-corrected chi connectivity index (χ4v) is 3.91. The van der Waals surface area contributed by atoms with Crippen LogP contribution in [0.15, 0.2) is 53.7 Å². The number of amides is 1. The zero-order valence-corrected chi connectivity index (χ0v) is 20.4. The van der Waals surface area contributed by atoms with Crippen LogP contribution in [0, 0.1) is 0 Å². The number of hydrogen-bond acceptors (Lipinski definition) is 5. The molecule has 3 rings (SSSR count). The van der Waals surface area contributed by atoms with Crippen molar-refractivity contribution in [3.63, 3.8) is 0 Å². The van der Waals surface area contributed by atoms with Gasteiger partial charge in [0.2, 0.25) is 5.91 Å². The van der Waals surface area contributed by atoms with Crippen LogP contribution in [0.4, 0.5) is 18.9 Å². The zero-order chi connectivity index (χ0) is 25.1. The van der Waals surface area contributed by atoms with Gasteiger partial charge in [-0.05, 0) is 48.2 Å². The number of nitrogens with one attached hydrogen (secondary N) is 1. The normalized spacial score (nSPS) is 12.9. The van der Waals surface area contributed by atoms with Gasteiger partial charge < -0.3 is 14.6 Å². The van der Waals surface area contributed by atoms with Crippen molar-refractivity contribution in [2.45, 2.75) is 50.5 Å². The number of hydrogen-bond donors (Lipinski definition) is 1. The molecule has 0 radical (unpaired) electrons. The van der Waals surface area contributed by atoms with Gasteiger partial charge >= 0.3 is 6.18 Å². The van der Waals surface area contributed by atoms with Crippen LogP contribution in [0.2, 0.25) is 0 Å². The quantitative estimate of drug-likeness (QED) is 0.410. The molecular formula is C24H27F3N4O2S. The number of ether oxygens (including phenoxy) is 1. The molecule has 34 heavy (non-hydrogen) atoms. The maximum absolute atomic E-state index is 12.8. The van der Waals surface area contributed by atoms with Crippen molar-refractivity contribution >= 4 is 23.4 Å². The number of carbonyl (C=O) groups is 1. The number of alkyl halides is 3. The third-order valence-corrected chi connectivity index (χ3v) is 6.09. The Kier molecular flexibility index (Phi) is 7.60. The third kappa shape index (κ3) is 6.53. The van der Waals surface area contributed by atoms with Gasteiger partial charge in [-0.3, -0.25) is 4.79 Å². The summed E-state index contributed by atoms with van der Waals surface area (Å²) in [6.07, 6.45) is -4.86. The first kappa shape index (κ1) is 25.6. The Labute approximate surface area is 200 Å². The SMILES string of the molecule is CC(Oc1ccc(C(C)(C)C)cc1)c1nnc(SCC(=O)Nc2cccc(C(F)(F)F)c2)n1C. The molecule has 1 unspecified atom stereocenters. The van der Waals surface area contributed by atoms with E-state index in [4.69, 9.17) is 4.74 Å². The number of halogens is 3. The second kappa shape index (κ2) is 10.1. The summed E-state index contributed by atoms with van der Waals surface area (Å²) in [7, 11) is 1.77. The summed E-state index contributed by atoms with van der Waals surface area (Å²) in [5.41, 5.74) is 0.512. The van der Waals surface area contributed by atoms with Gasteiger partial charge in [-0.15, -0.1) is 10.2 Å². The molecule has 6 nitrogen and oxygen atoms in total. The van der Waals surface area contributed by atoms with Crippen LogP contribution in [-0.2, 0) is 23.4 Å². The summed E-state index contributed by atoms with van der Waals surface area (Å²) < 4.78 is 46.3. The molecule has 0 bridgehead atoms. The first-order valence-corrected chi connectivity index (χ1v) is 11.6. The number of anilines is 1. The van der Waals surface area contributed by atoms with Crippen LogP contribution in [0.3, 0.4) is 0 Å². The van der Waals surface area contributed by atoms with Crippen LogP contribution < -0.4 is 10.1 Å². The van der Waals surface area contributed by atoms with E-state index in [1.165, 1.54) is 17.7 Å². The standard InChI is InChI=1S/C24H27F3N4O2S/c1-15(33-19-11-9-16(10-12-19)23(2,3)4)21-29-30-22(31(21)5)34-14-20(32)28-18-8-6-7-17(13-18)24(25,26)27/h6-13,15H,14H2,1-5H3,(H,28,32). The van der Waals surface area contributed by atoms with Gasteiger partial charge in [-0.1, -0.05) is 50.7 Å². The molecule has 2 aromatic carbocycles. The highest BCUT2D eigenvalue weighted by Crippen LogP contribution is 2.31. The number of rotatable bonds is 7. The highest BCUT2D eigenvalue weighted by Gasteiger charge is 2.30. The summed E-state index contributed by atoms with van der Waals surface area (Å²) >= 11 is 1.13. The molecule has 1 atom stereocenters. The van der Waals surface area contributed by atoms with Crippen molar-refractivity contribution in [2.24, 2.45) is 7.05 Å². The average Bonchev–Trinajstić information content (AvgIpc) is 3.12. The molecule has 0 aliphatic carbocycles. The van der Waals surface area contributed by atoms with E-state index < -0.39 is 17.6 Å². The van der Waals surface area contributed by atoms with Crippen LogP contribution in [0.25, 0.3) is 0 Å². The number of nitrogens with zero attached hydrogens (tertiary/aromatic N) is 3.